The number of anilines is 2. The Labute approximate surface area is 224 Å². The van der Waals surface area contributed by atoms with E-state index in [4.69, 9.17) is 17.3 Å². The molecule has 3 amide bonds. The van der Waals surface area contributed by atoms with Crippen molar-refractivity contribution in [3.05, 3.63) is 57.3 Å². The first-order valence-electron chi connectivity index (χ1n) is 12.1. The standard InChI is InChI=1S/C25H30ClN7O3S/c1-14(30-18-10-16(26)11-28-22(18)23(27)34)20-7-8-21(37-20)25(36)32-19(9-15-5-3-4-6-15)24(35)31-17-12-29-33(2)13-17/h7-8,10-15,19,30H,3-6,9H2,1-2H3,(H2,27,34)(H,31,35)(H,32,36)/t14-,19+/m1/s1. The van der Waals surface area contributed by atoms with Gasteiger partial charge >= 0.3 is 0 Å². The molecule has 10 nitrogen and oxygen atoms in total. The molecule has 0 saturated heterocycles. The van der Waals surface area contributed by atoms with Crippen LogP contribution in [-0.4, -0.2) is 38.5 Å². The molecule has 196 valence electrons. The van der Waals surface area contributed by atoms with E-state index in [9.17, 15) is 14.4 Å². The number of hydrogen-bond acceptors (Lipinski definition) is 7. The van der Waals surface area contributed by atoms with Crippen molar-refractivity contribution >= 4 is 52.0 Å². The summed E-state index contributed by atoms with van der Waals surface area (Å²) in [5, 5.41) is 13.5. The summed E-state index contributed by atoms with van der Waals surface area (Å²) in [5.74, 6) is -0.836. The number of primary amides is 1. The molecule has 4 rings (SSSR count). The topological polar surface area (TPSA) is 144 Å². The molecule has 0 aromatic carbocycles. The van der Waals surface area contributed by atoms with Crippen LogP contribution in [0.4, 0.5) is 11.4 Å². The Balaban J connectivity index is 1.45. The van der Waals surface area contributed by atoms with E-state index in [1.807, 2.05) is 13.0 Å². The van der Waals surface area contributed by atoms with Crippen LogP contribution in [0.5, 0.6) is 0 Å². The molecule has 1 fully saturated rings. The normalized spacial score (nSPS) is 15.2. The Morgan fingerprint density at radius 1 is 1.24 bits per heavy atom. The van der Waals surface area contributed by atoms with Crippen molar-refractivity contribution < 1.29 is 14.4 Å². The lowest BCUT2D eigenvalue weighted by atomic mass is 9.97. The summed E-state index contributed by atoms with van der Waals surface area (Å²) in [4.78, 5) is 43.3. The van der Waals surface area contributed by atoms with E-state index >= 15 is 0 Å². The number of thiophene rings is 1. The minimum Gasteiger partial charge on any atom is -0.376 e. The van der Waals surface area contributed by atoms with Crippen LogP contribution < -0.4 is 21.7 Å². The lowest BCUT2D eigenvalue weighted by Gasteiger charge is -2.21. The third-order valence-corrected chi connectivity index (χ3v) is 7.85. The number of rotatable bonds is 10. The van der Waals surface area contributed by atoms with E-state index in [1.54, 1.807) is 36.3 Å². The molecule has 0 spiro atoms. The van der Waals surface area contributed by atoms with Gasteiger partial charge < -0.3 is 21.7 Å². The molecule has 2 atom stereocenters. The first-order valence-corrected chi connectivity index (χ1v) is 13.3. The van der Waals surface area contributed by atoms with Crippen LogP contribution >= 0.6 is 22.9 Å². The van der Waals surface area contributed by atoms with Crippen molar-refractivity contribution in [2.24, 2.45) is 18.7 Å². The highest BCUT2D eigenvalue weighted by molar-refractivity contribution is 7.14. The van der Waals surface area contributed by atoms with E-state index in [0.29, 0.717) is 33.6 Å². The average Bonchev–Trinajstić information content (AvgIpc) is 3.61. The predicted molar refractivity (Wildman–Crippen MR) is 144 cm³/mol. The summed E-state index contributed by atoms with van der Waals surface area (Å²) in [6.45, 7) is 1.89. The highest BCUT2D eigenvalue weighted by Gasteiger charge is 2.28. The minimum absolute atomic E-state index is 0.0835. The van der Waals surface area contributed by atoms with Crippen molar-refractivity contribution in [3.63, 3.8) is 0 Å². The third kappa shape index (κ3) is 6.86. The van der Waals surface area contributed by atoms with E-state index in [-0.39, 0.29) is 23.6 Å². The van der Waals surface area contributed by atoms with Crippen LogP contribution in [0.15, 0.2) is 36.8 Å². The van der Waals surface area contributed by atoms with E-state index in [1.165, 1.54) is 17.5 Å². The van der Waals surface area contributed by atoms with Crippen LogP contribution in [0, 0.1) is 5.92 Å². The van der Waals surface area contributed by atoms with Gasteiger partial charge in [0.2, 0.25) is 5.91 Å². The number of carbonyl (C=O) groups is 3. The molecule has 37 heavy (non-hydrogen) atoms. The maximum atomic E-state index is 13.2. The van der Waals surface area contributed by atoms with Gasteiger partial charge in [-0.25, -0.2) is 4.98 Å². The molecule has 3 aromatic rings. The smallest absolute Gasteiger partial charge is 0.269 e. The molecule has 3 heterocycles. The van der Waals surface area contributed by atoms with Gasteiger partial charge in [0.15, 0.2) is 5.69 Å². The molecule has 12 heteroatoms. The van der Waals surface area contributed by atoms with Crippen LogP contribution in [-0.2, 0) is 11.8 Å². The first kappa shape index (κ1) is 26.6. The molecule has 5 N–H and O–H groups in total. The highest BCUT2D eigenvalue weighted by atomic mass is 35.5. The van der Waals surface area contributed by atoms with Gasteiger partial charge in [0.25, 0.3) is 11.8 Å². The zero-order valence-corrected chi connectivity index (χ0v) is 22.2. The van der Waals surface area contributed by atoms with Crippen molar-refractivity contribution in [2.75, 3.05) is 10.6 Å². The van der Waals surface area contributed by atoms with Crippen molar-refractivity contribution in [2.45, 2.75) is 51.1 Å². The Kier molecular flexibility index (Phi) is 8.45. The van der Waals surface area contributed by atoms with Crippen molar-refractivity contribution in [1.29, 1.82) is 0 Å². The largest absolute Gasteiger partial charge is 0.376 e. The molecule has 0 unspecified atom stereocenters. The fraction of sp³-hybridized carbons (Fsp3) is 0.400. The van der Waals surface area contributed by atoms with Crippen LogP contribution in [0.2, 0.25) is 5.02 Å². The molecule has 0 radical (unpaired) electrons. The van der Waals surface area contributed by atoms with Crippen LogP contribution in [0.3, 0.4) is 0 Å². The number of nitrogens with two attached hydrogens (primary N) is 1. The zero-order chi connectivity index (χ0) is 26.5. The summed E-state index contributed by atoms with van der Waals surface area (Å²) < 4.78 is 1.61. The number of pyridine rings is 1. The van der Waals surface area contributed by atoms with E-state index < -0.39 is 11.9 Å². The van der Waals surface area contributed by atoms with Gasteiger partial charge in [0, 0.05) is 24.3 Å². The fourth-order valence-corrected chi connectivity index (χ4v) is 5.58. The Morgan fingerprint density at radius 3 is 2.68 bits per heavy atom. The second-order valence-electron chi connectivity index (χ2n) is 9.29. The number of halogens is 1. The van der Waals surface area contributed by atoms with Crippen LogP contribution in [0.1, 0.15) is 70.1 Å². The summed E-state index contributed by atoms with van der Waals surface area (Å²) in [6, 6.07) is 4.23. The average molecular weight is 544 g/mol. The lowest BCUT2D eigenvalue weighted by Crippen LogP contribution is -2.44. The van der Waals surface area contributed by atoms with Gasteiger partial charge in [0.05, 0.1) is 33.5 Å². The lowest BCUT2D eigenvalue weighted by molar-refractivity contribution is -0.118. The number of aryl methyl sites for hydroxylation is 1. The molecule has 3 aromatic heterocycles. The molecule has 1 saturated carbocycles. The highest BCUT2D eigenvalue weighted by Crippen LogP contribution is 2.30. The summed E-state index contributed by atoms with van der Waals surface area (Å²) in [6.07, 6.45) is 9.65. The third-order valence-electron chi connectivity index (χ3n) is 6.38. The van der Waals surface area contributed by atoms with Crippen LogP contribution in [0.25, 0.3) is 0 Å². The molecule has 0 aliphatic heterocycles. The number of nitrogens with one attached hydrogen (secondary N) is 3. The van der Waals surface area contributed by atoms with Crippen molar-refractivity contribution in [3.8, 4) is 0 Å². The first-order chi connectivity index (χ1) is 17.7. The minimum atomic E-state index is -0.671. The Morgan fingerprint density at radius 2 is 2.00 bits per heavy atom. The van der Waals surface area contributed by atoms with Crippen molar-refractivity contribution in [1.82, 2.24) is 20.1 Å². The van der Waals surface area contributed by atoms with Gasteiger partial charge in [-0.15, -0.1) is 11.3 Å². The molecule has 1 aliphatic rings. The monoisotopic (exact) mass is 543 g/mol. The number of hydrogen-bond donors (Lipinski definition) is 4. The molecule has 0 bridgehead atoms. The Hall–Kier alpha value is -3.44. The summed E-state index contributed by atoms with van der Waals surface area (Å²) in [7, 11) is 1.77. The number of nitrogens with zero attached hydrogens (tertiary/aromatic N) is 3. The SMILES string of the molecule is C[C@@H](Nc1cc(Cl)cnc1C(N)=O)c1ccc(C(=O)N[C@@H](CC2CCCC2)C(=O)Nc2cnn(C)c2)s1. The maximum absolute atomic E-state index is 13.2. The summed E-state index contributed by atoms with van der Waals surface area (Å²) >= 11 is 7.34. The molecular weight excluding hydrogens is 514 g/mol. The molecule has 1 aliphatic carbocycles. The Bertz CT molecular complexity index is 1280. The van der Waals surface area contributed by atoms with Gasteiger partial charge in [-0.3, -0.25) is 19.1 Å². The quantitative estimate of drug-likeness (QED) is 0.303. The van der Waals surface area contributed by atoms with Gasteiger partial charge in [-0.2, -0.15) is 5.10 Å². The molecular formula is C25H30ClN7O3S. The number of carbonyl (C=O) groups excluding carboxylic acids is 3. The number of aromatic nitrogens is 3. The zero-order valence-electron chi connectivity index (χ0n) is 20.7. The summed E-state index contributed by atoms with van der Waals surface area (Å²) in [5.41, 5.74) is 6.51. The maximum Gasteiger partial charge on any atom is 0.269 e. The second-order valence-corrected chi connectivity index (χ2v) is 10.8. The van der Waals surface area contributed by atoms with E-state index in [2.05, 4.69) is 26.0 Å². The number of amides is 3. The van der Waals surface area contributed by atoms with Gasteiger partial charge in [0.1, 0.15) is 6.04 Å². The van der Waals surface area contributed by atoms with Gasteiger partial charge in [-0.05, 0) is 37.5 Å². The van der Waals surface area contributed by atoms with Gasteiger partial charge in [-0.1, -0.05) is 37.3 Å². The second kappa shape index (κ2) is 11.7. The predicted octanol–water partition coefficient (Wildman–Crippen LogP) is 4.12. The fourth-order valence-electron chi connectivity index (χ4n) is 4.51. The van der Waals surface area contributed by atoms with E-state index in [0.717, 1.165) is 30.6 Å².